The lowest BCUT2D eigenvalue weighted by Crippen LogP contribution is -2.45. The predicted molar refractivity (Wildman–Crippen MR) is 126 cm³/mol. The van der Waals surface area contributed by atoms with E-state index in [-0.39, 0.29) is 37.2 Å². The second-order valence-electron chi connectivity index (χ2n) is 5.57. The van der Waals surface area contributed by atoms with E-state index < -0.39 is 0 Å². The zero-order valence-electron chi connectivity index (χ0n) is 13.6. The number of phenols is 1. The molecule has 0 saturated carbocycles. The number of nitrogens with one attached hydrogen (secondary N) is 1. The monoisotopic (exact) mass is 623 g/mol. The lowest BCUT2D eigenvalue weighted by Gasteiger charge is -2.32. The van der Waals surface area contributed by atoms with Crippen LogP contribution in [-0.2, 0) is 6.54 Å². The van der Waals surface area contributed by atoms with Gasteiger partial charge in [0.2, 0.25) is 0 Å². The molecule has 0 aliphatic carbocycles. The first-order chi connectivity index (χ1) is 10.1. The summed E-state index contributed by atoms with van der Waals surface area (Å²) in [5.41, 5.74) is 0.992. The summed E-state index contributed by atoms with van der Waals surface area (Å²) in [6.45, 7) is 7.63. The fraction of sp³-hybridized carbons (Fsp3) is 0.600. The molecule has 0 radical (unpaired) electrons. The molecular weight excluding hydrogens is 598 g/mol. The fourth-order valence-corrected chi connectivity index (χ4v) is 4.44. The zero-order chi connectivity index (χ0) is 15.2. The van der Waals surface area contributed by atoms with E-state index in [4.69, 9.17) is 0 Å². The number of nitrogens with zero attached hydrogens (tertiary/aromatic N) is 2. The van der Waals surface area contributed by atoms with Crippen molar-refractivity contribution < 1.29 is 5.11 Å². The van der Waals surface area contributed by atoms with E-state index >= 15 is 0 Å². The van der Waals surface area contributed by atoms with Crippen molar-refractivity contribution in [1.29, 1.82) is 0 Å². The van der Waals surface area contributed by atoms with Gasteiger partial charge in [-0.05, 0) is 83.9 Å². The summed E-state index contributed by atoms with van der Waals surface area (Å²) in [4.78, 5) is 4.92. The number of phenolic OH excluding ortho intramolecular Hbond substituents is 1. The molecule has 0 unspecified atom stereocenters. The summed E-state index contributed by atoms with van der Waals surface area (Å²) < 4.78 is 2.10. The van der Waals surface area contributed by atoms with Crippen LogP contribution in [0.1, 0.15) is 12.0 Å². The summed E-state index contributed by atoms with van der Waals surface area (Å²) in [7, 11) is 2.19. The Balaban J connectivity index is 0. The van der Waals surface area contributed by atoms with E-state index in [0.29, 0.717) is 5.75 Å². The van der Waals surface area contributed by atoms with Gasteiger partial charge in [-0.2, -0.15) is 0 Å². The van der Waals surface area contributed by atoms with Gasteiger partial charge in [-0.25, -0.2) is 0 Å². The lowest BCUT2D eigenvalue weighted by atomic mass is 10.2. The predicted octanol–water partition coefficient (Wildman–Crippen LogP) is 3.59. The summed E-state index contributed by atoms with van der Waals surface area (Å²) in [5.74, 6) is 0.419. The van der Waals surface area contributed by atoms with Crippen LogP contribution in [0.5, 0.6) is 5.75 Å². The van der Waals surface area contributed by atoms with Crippen LogP contribution in [-0.4, -0.2) is 61.2 Å². The van der Waals surface area contributed by atoms with Gasteiger partial charge in [-0.3, -0.25) is 0 Å². The van der Waals surface area contributed by atoms with Crippen LogP contribution < -0.4 is 5.32 Å². The fourth-order valence-electron chi connectivity index (χ4n) is 2.48. The highest BCUT2D eigenvalue weighted by Gasteiger charge is 2.12. The second-order valence-corrected chi connectivity index (χ2v) is 7.98. The van der Waals surface area contributed by atoms with Crippen molar-refractivity contribution in [2.75, 3.05) is 46.3 Å². The number of benzene rings is 1. The van der Waals surface area contributed by atoms with E-state index in [2.05, 4.69) is 67.3 Å². The Kier molecular flexibility index (Phi) is 16.4. The number of piperazine rings is 1. The molecule has 0 atom stereocenters. The van der Waals surface area contributed by atoms with Gasteiger partial charge >= 0.3 is 0 Å². The number of hydrogen-bond acceptors (Lipinski definition) is 4. The van der Waals surface area contributed by atoms with Gasteiger partial charge in [0, 0.05) is 41.9 Å². The van der Waals surface area contributed by atoms with Crippen molar-refractivity contribution in [3.05, 3.63) is 24.8 Å². The van der Waals surface area contributed by atoms with Crippen LogP contribution in [0.25, 0.3) is 0 Å². The van der Waals surface area contributed by atoms with Crippen LogP contribution >= 0.6 is 82.4 Å². The van der Waals surface area contributed by atoms with E-state index in [1.165, 1.54) is 29.7 Å². The highest BCUT2D eigenvalue weighted by Crippen LogP contribution is 2.26. The molecule has 4 nitrogen and oxygen atoms in total. The molecule has 1 heterocycles. The molecule has 1 aliphatic heterocycles. The van der Waals surface area contributed by atoms with E-state index in [1.807, 2.05) is 12.1 Å². The molecule has 1 saturated heterocycles. The zero-order valence-corrected chi connectivity index (χ0v) is 20.4. The Labute approximate surface area is 191 Å². The molecule has 2 rings (SSSR count). The Hall–Kier alpha value is 1.23. The lowest BCUT2D eigenvalue weighted by molar-refractivity contribution is 0.152. The second kappa shape index (κ2) is 14.3. The number of likely N-dealkylation sites (N-methyl/N-ethyl adjacent to an activating group) is 1. The van der Waals surface area contributed by atoms with Gasteiger partial charge in [-0.15, -0.1) is 37.2 Å². The van der Waals surface area contributed by atoms with E-state index in [9.17, 15) is 5.11 Å². The summed E-state index contributed by atoms with van der Waals surface area (Å²) in [6, 6.07) is 4.04. The Morgan fingerprint density at radius 3 is 2.33 bits per heavy atom. The van der Waals surface area contributed by atoms with E-state index in [0.717, 1.165) is 35.2 Å². The smallest absolute Gasteiger partial charge is 0.133 e. The third kappa shape index (κ3) is 9.25. The minimum atomic E-state index is 0. The quantitative estimate of drug-likeness (QED) is 0.375. The molecule has 2 N–H and O–H groups in total. The molecule has 1 aliphatic rings. The minimum Gasteiger partial charge on any atom is -0.507 e. The number of aromatic hydroxyl groups is 1. The maximum Gasteiger partial charge on any atom is 0.133 e. The molecule has 1 aromatic carbocycles. The average Bonchev–Trinajstić information content (AvgIpc) is 2.45. The summed E-state index contributed by atoms with van der Waals surface area (Å²) in [5, 5.41) is 13.5. The van der Waals surface area contributed by atoms with E-state index in [1.54, 1.807) is 0 Å². The van der Waals surface area contributed by atoms with Gasteiger partial charge in [0.05, 0.1) is 3.57 Å². The third-order valence-electron chi connectivity index (χ3n) is 3.85. The molecule has 142 valence electrons. The Bertz CT molecular complexity index is 476. The van der Waals surface area contributed by atoms with Crippen LogP contribution in [0, 0.1) is 7.14 Å². The van der Waals surface area contributed by atoms with Crippen LogP contribution in [0.2, 0.25) is 0 Å². The molecule has 0 bridgehead atoms. The first kappa shape index (κ1) is 27.4. The molecule has 0 aromatic heterocycles. The Morgan fingerprint density at radius 1 is 1.08 bits per heavy atom. The first-order valence-corrected chi connectivity index (χ1v) is 9.50. The highest BCUT2D eigenvalue weighted by molar-refractivity contribution is 14.1. The van der Waals surface area contributed by atoms with Crippen molar-refractivity contribution in [2.45, 2.75) is 13.0 Å². The molecule has 1 fully saturated rings. The molecule has 9 heteroatoms. The van der Waals surface area contributed by atoms with Gasteiger partial charge in [0.25, 0.3) is 0 Å². The van der Waals surface area contributed by atoms with Crippen molar-refractivity contribution in [3.63, 3.8) is 0 Å². The SMILES string of the molecule is CN1CCN(CCCNCc2cc(I)cc(I)c2O)CC1.Cl.Cl.Cl. The maximum absolute atomic E-state index is 10.0. The normalized spacial score (nSPS) is 15.1. The highest BCUT2D eigenvalue weighted by atomic mass is 127. The maximum atomic E-state index is 10.0. The van der Waals surface area contributed by atoms with Gasteiger partial charge in [0.1, 0.15) is 5.75 Å². The van der Waals surface area contributed by atoms with Crippen LogP contribution in [0.3, 0.4) is 0 Å². The standard InChI is InChI=1S/C15H23I2N3O.3ClH/c1-19-5-7-20(8-6-19)4-2-3-18-11-12-9-13(16)10-14(17)15(12)21;;;/h9-10,18,21H,2-8,11H2,1H3;3*1H. The van der Waals surface area contributed by atoms with Crippen molar-refractivity contribution in [2.24, 2.45) is 0 Å². The molecule has 0 spiro atoms. The number of rotatable bonds is 6. The van der Waals surface area contributed by atoms with Crippen molar-refractivity contribution in [1.82, 2.24) is 15.1 Å². The first-order valence-electron chi connectivity index (χ1n) is 7.35. The molecular formula is C15H26Cl3I2N3O. The topological polar surface area (TPSA) is 38.7 Å². The number of hydrogen-bond donors (Lipinski definition) is 2. The van der Waals surface area contributed by atoms with Crippen molar-refractivity contribution in [3.8, 4) is 5.75 Å². The Morgan fingerprint density at radius 2 is 1.71 bits per heavy atom. The van der Waals surface area contributed by atoms with Gasteiger partial charge < -0.3 is 20.2 Å². The largest absolute Gasteiger partial charge is 0.507 e. The van der Waals surface area contributed by atoms with Crippen LogP contribution in [0.15, 0.2) is 12.1 Å². The van der Waals surface area contributed by atoms with Crippen LogP contribution in [0.4, 0.5) is 0 Å². The summed E-state index contributed by atoms with van der Waals surface area (Å²) in [6.07, 6.45) is 1.16. The van der Waals surface area contributed by atoms with Crippen molar-refractivity contribution >= 4 is 82.4 Å². The average molecular weight is 625 g/mol. The van der Waals surface area contributed by atoms with Gasteiger partial charge in [-0.1, -0.05) is 0 Å². The molecule has 24 heavy (non-hydrogen) atoms. The van der Waals surface area contributed by atoms with Gasteiger partial charge in [0.15, 0.2) is 0 Å². The molecule has 1 aromatic rings. The minimum absolute atomic E-state index is 0. The number of halogens is 5. The molecule has 0 amide bonds. The summed E-state index contributed by atoms with van der Waals surface area (Å²) >= 11 is 4.47. The third-order valence-corrected chi connectivity index (χ3v) is 5.29.